The minimum absolute atomic E-state index is 0.0830. The van der Waals surface area contributed by atoms with E-state index in [-0.39, 0.29) is 11.5 Å². The number of nitrogens with two attached hydrogens (primary N) is 1. The van der Waals surface area contributed by atoms with Crippen LogP contribution in [0.4, 0.5) is 0 Å². The molecule has 0 spiro atoms. The van der Waals surface area contributed by atoms with Gasteiger partial charge in [0.2, 0.25) is 0 Å². The van der Waals surface area contributed by atoms with Crippen LogP contribution >= 0.6 is 11.6 Å². The van der Waals surface area contributed by atoms with Gasteiger partial charge in [-0.2, -0.15) is 0 Å². The smallest absolute Gasteiger partial charge is 0.161 e. The van der Waals surface area contributed by atoms with Crippen LogP contribution in [-0.4, -0.2) is 16.8 Å². The molecule has 14 heavy (non-hydrogen) atoms. The summed E-state index contributed by atoms with van der Waals surface area (Å²) in [7, 11) is 0. The molecule has 0 radical (unpaired) electrons. The van der Waals surface area contributed by atoms with E-state index in [0.717, 1.165) is 12.0 Å². The van der Waals surface area contributed by atoms with Crippen LogP contribution in [0.5, 0.6) is 11.5 Å². The SMILES string of the molecule is Cc1c(Cl)cc(O)c(O)c1CCCN. The summed E-state index contributed by atoms with van der Waals surface area (Å²) in [5.74, 6) is -0.257. The van der Waals surface area contributed by atoms with Crippen LogP contribution in [-0.2, 0) is 6.42 Å². The fourth-order valence-electron chi connectivity index (χ4n) is 1.36. The van der Waals surface area contributed by atoms with Crippen molar-refractivity contribution in [3.05, 3.63) is 22.2 Å². The summed E-state index contributed by atoms with van der Waals surface area (Å²) in [5, 5.41) is 19.4. The average molecular weight is 216 g/mol. The van der Waals surface area contributed by atoms with Crippen LogP contribution in [0.2, 0.25) is 5.02 Å². The Labute approximate surface area is 88.1 Å². The summed E-state index contributed by atoms with van der Waals surface area (Å²) < 4.78 is 0. The van der Waals surface area contributed by atoms with Crippen LogP contribution in [0.15, 0.2) is 6.07 Å². The van der Waals surface area contributed by atoms with E-state index >= 15 is 0 Å². The Balaban J connectivity index is 3.11. The Kier molecular flexibility index (Phi) is 3.61. The van der Waals surface area contributed by atoms with E-state index in [0.29, 0.717) is 23.6 Å². The minimum atomic E-state index is -0.173. The summed E-state index contributed by atoms with van der Waals surface area (Å²) in [4.78, 5) is 0. The number of benzene rings is 1. The molecule has 0 unspecified atom stereocenters. The van der Waals surface area contributed by atoms with Gasteiger partial charge < -0.3 is 15.9 Å². The Morgan fingerprint density at radius 3 is 2.64 bits per heavy atom. The van der Waals surface area contributed by atoms with Crippen molar-refractivity contribution in [2.45, 2.75) is 19.8 Å². The van der Waals surface area contributed by atoms with E-state index in [2.05, 4.69) is 0 Å². The third-order valence-corrected chi connectivity index (χ3v) is 2.63. The van der Waals surface area contributed by atoms with Gasteiger partial charge in [-0.05, 0) is 31.9 Å². The first-order valence-electron chi connectivity index (χ1n) is 4.48. The summed E-state index contributed by atoms with van der Waals surface area (Å²) in [5.41, 5.74) is 6.86. The average Bonchev–Trinajstić information content (AvgIpc) is 2.15. The molecule has 78 valence electrons. The van der Waals surface area contributed by atoms with Crippen LogP contribution in [0.25, 0.3) is 0 Å². The van der Waals surface area contributed by atoms with Crippen LogP contribution in [0.3, 0.4) is 0 Å². The van der Waals surface area contributed by atoms with Gasteiger partial charge in [-0.1, -0.05) is 11.6 Å². The molecule has 0 atom stereocenters. The van der Waals surface area contributed by atoms with Gasteiger partial charge in [-0.3, -0.25) is 0 Å². The minimum Gasteiger partial charge on any atom is -0.504 e. The lowest BCUT2D eigenvalue weighted by Gasteiger charge is -2.10. The molecule has 0 fully saturated rings. The van der Waals surface area contributed by atoms with E-state index in [1.807, 2.05) is 6.92 Å². The molecule has 0 aliphatic heterocycles. The van der Waals surface area contributed by atoms with Crippen molar-refractivity contribution in [1.29, 1.82) is 0 Å². The highest BCUT2D eigenvalue weighted by molar-refractivity contribution is 6.31. The van der Waals surface area contributed by atoms with Crippen molar-refractivity contribution < 1.29 is 10.2 Å². The number of phenols is 2. The lowest BCUT2D eigenvalue weighted by molar-refractivity contribution is 0.398. The topological polar surface area (TPSA) is 66.5 Å². The van der Waals surface area contributed by atoms with Gasteiger partial charge >= 0.3 is 0 Å². The number of hydrogen-bond acceptors (Lipinski definition) is 3. The first kappa shape index (κ1) is 11.1. The molecule has 0 saturated carbocycles. The fourth-order valence-corrected chi connectivity index (χ4v) is 1.58. The van der Waals surface area contributed by atoms with Gasteiger partial charge in [0.05, 0.1) is 0 Å². The summed E-state index contributed by atoms with van der Waals surface area (Å²) >= 11 is 5.87. The molecule has 0 aliphatic rings. The van der Waals surface area contributed by atoms with Crippen molar-refractivity contribution >= 4 is 11.6 Å². The van der Waals surface area contributed by atoms with Crippen LogP contribution in [0, 0.1) is 6.92 Å². The Morgan fingerprint density at radius 2 is 2.07 bits per heavy atom. The van der Waals surface area contributed by atoms with Gasteiger partial charge in [0.15, 0.2) is 11.5 Å². The van der Waals surface area contributed by atoms with Gasteiger partial charge in [-0.15, -0.1) is 0 Å². The van der Waals surface area contributed by atoms with Crippen LogP contribution < -0.4 is 5.73 Å². The van der Waals surface area contributed by atoms with Gasteiger partial charge in [0, 0.05) is 16.7 Å². The lowest BCUT2D eigenvalue weighted by Crippen LogP contribution is -2.02. The third-order valence-electron chi connectivity index (χ3n) is 2.23. The monoisotopic (exact) mass is 215 g/mol. The molecule has 0 aromatic heterocycles. The Hall–Kier alpha value is -0.930. The highest BCUT2D eigenvalue weighted by Crippen LogP contribution is 2.36. The van der Waals surface area contributed by atoms with E-state index < -0.39 is 0 Å². The van der Waals surface area contributed by atoms with E-state index in [4.69, 9.17) is 17.3 Å². The molecule has 4 heteroatoms. The zero-order valence-electron chi connectivity index (χ0n) is 8.05. The second kappa shape index (κ2) is 4.53. The predicted octanol–water partition coefficient (Wildman–Crippen LogP) is 1.95. The summed E-state index contributed by atoms with van der Waals surface area (Å²) in [6.45, 7) is 2.36. The standard InChI is InChI=1S/C10H14ClNO2/c1-6-7(3-2-4-12)10(14)9(13)5-8(6)11/h5,13-14H,2-4,12H2,1H3. The van der Waals surface area contributed by atoms with Crippen molar-refractivity contribution in [1.82, 2.24) is 0 Å². The molecular weight excluding hydrogens is 202 g/mol. The van der Waals surface area contributed by atoms with Crippen molar-refractivity contribution in [2.75, 3.05) is 6.54 Å². The molecule has 1 rings (SSSR count). The number of rotatable bonds is 3. The Morgan fingerprint density at radius 1 is 1.43 bits per heavy atom. The lowest BCUT2D eigenvalue weighted by atomic mass is 10.0. The molecule has 4 N–H and O–H groups in total. The van der Waals surface area contributed by atoms with E-state index in [1.54, 1.807) is 0 Å². The van der Waals surface area contributed by atoms with Crippen LogP contribution in [0.1, 0.15) is 17.5 Å². The molecule has 0 amide bonds. The van der Waals surface area contributed by atoms with Gasteiger partial charge in [-0.25, -0.2) is 0 Å². The van der Waals surface area contributed by atoms with Crippen molar-refractivity contribution in [3.8, 4) is 11.5 Å². The second-order valence-corrected chi connectivity index (χ2v) is 3.63. The van der Waals surface area contributed by atoms with Gasteiger partial charge in [0.25, 0.3) is 0 Å². The maximum atomic E-state index is 9.58. The second-order valence-electron chi connectivity index (χ2n) is 3.22. The highest BCUT2D eigenvalue weighted by Gasteiger charge is 2.12. The molecule has 1 aromatic rings. The maximum Gasteiger partial charge on any atom is 0.161 e. The van der Waals surface area contributed by atoms with E-state index in [9.17, 15) is 10.2 Å². The quantitative estimate of drug-likeness (QED) is 0.676. The summed E-state index contributed by atoms with van der Waals surface area (Å²) in [6.07, 6.45) is 1.39. The maximum absolute atomic E-state index is 9.58. The molecule has 0 bridgehead atoms. The fraction of sp³-hybridized carbons (Fsp3) is 0.400. The largest absolute Gasteiger partial charge is 0.504 e. The number of aromatic hydroxyl groups is 2. The van der Waals surface area contributed by atoms with Crippen molar-refractivity contribution in [2.24, 2.45) is 5.73 Å². The molecule has 0 saturated heterocycles. The molecule has 0 heterocycles. The Bertz CT molecular complexity index is 313. The molecule has 0 aliphatic carbocycles. The number of halogens is 1. The molecule has 3 nitrogen and oxygen atoms in total. The predicted molar refractivity (Wildman–Crippen MR) is 56.9 cm³/mol. The van der Waals surface area contributed by atoms with E-state index in [1.165, 1.54) is 6.07 Å². The third kappa shape index (κ3) is 2.11. The number of hydrogen-bond donors (Lipinski definition) is 3. The first-order chi connectivity index (χ1) is 6.57. The first-order valence-corrected chi connectivity index (χ1v) is 4.85. The summed E-state index contributed by atoms with van der Waals surface area (Å²) in [6, 6.07) is 1.35. The zero-order valence-corrected chi connectivity index (χ0v) is 8.80. The van der Waals surface area contributed by atoms with Crippen molar-refractivity contribution in [3.63, 3.8) is 0 Å². The zero-order chi connectivity index (χ0) is 10.7. The van der Waals surface area contributed by atoms with Gasteiger partial charge in [0.1, 0.15) is 0 Å². The highest BCUT2D eigenvalue weighted by atomic mass is 35.5. The molecular formula is C10H14ClNO2. The molecule has 1 aromatic carbocycles. The number of phenolic OH excluding ortho intramolecular Hbond substituents is 2. The normalized spacial score (nSPS) is 10.5.